The highest BCUT2D eigenvalue weighted by molar-refractivity contribution is 6.08. The number of benzene rings is 2. The standard InChI is InChI=1S/C31H28F4N2O2/c1-15-11-36(12-15)18-5-7-20-22(9-18)31(3,4)23-10-19(37-13-17(32)14-37)6-8-21(23)24(20)25-26(30(38)39)29(35)28(34)16(2)27(25)33/h5-10,15,17H,11-14H2,1-4H3/p+1. The number of allylic oxidation sites excluding steroid dienone is 5. The molecule has 2 aliphatic carbocycles. The molecule has 1 N–H and O–H groups in total. The number of hydrogen-bond acceptors (Lipinski definition) is 2. The van der Waals surface area contributed by atoms with Crippen molar-refractivity contribution < 1.29 is 32.0 Å². The van der Waals surface area contributed by atoms with Crippen molar-refractivity contribution in [2.75, 3.05) is 31.1 Å². The van der Waals surface area contributed by atoms with E-state index in [0.29, 0.717) is 17.1 Å². The number of alkyl halides is 1. The van der Waals surface area contributed by atoms with Crippen molar-refractivity contribution in [1.29, 1.82) is 0 Å². The maximum atomic E-state index is 15.9. The lowest BCUT2D eigenvalue weighted by Gasteiger charge is -2.42. The van der Waals surface area contributed by atoms with Crippen LogP contribution in [0.15, 0.2) is 47.6 Å². The van der Waals surface area contributed by atoms with Crippen LogP contribution >= 0.6 is 0 Å². The van der Waals surface area contributed by atoms with Gasteiger partial charge in [-0.1, -0.05) is 26.8 Å². The van der Waals surface area contributed by atoms with Crippen LogP contribution in [0.25, 0.3) is 5.57 Å². The predicted molar refractivity (Wildman–Crippen MR) is 142 cm³/mol. The molecule has 0 bridgehead atoms. The average Bonchev–Trinajstić information content (AvgIpc) is 2.86. The third-order valence-electron chi connectivity index (χ3n) is 8.53. The van der Waals surface area contributed by atoms with E-state index in [-0.39, 0.29) is 18.7 Å². The quantitative estimate of drug-likeness (QED) is 0.299. The van der Waals surface area contributed by atoms with Crippen LogP contribution in [0.2, 0.25) is 0 Å². The molecule has 0 saturated carbocycles. The van der Waals surface area contributed by atoms with Crippen LogP contribution < -0.4 is 4.90 Å². The molecule has 39 heavy (non-hydrogen) atoms. The van der Waals surface area contributed by atoms with E-state index < -0.39 is 51.7 Å². The van der Waals surface area contributed by atoms with Crippen molar-refractivity contribution in [3.05, 3.63) is 92.8 Å². The molecule has 0 radical (unpaired) electrons. The van der Waals surface area contributed by atoms with Crippen LogP contribution in [0.5, 0.6) is 0 Å². The van der Waals surface area contributed by atoms with Gasteiger partial charge in [-0.3, -0.25) is 0 Å². The normalized spacial score (nSPS) is 21.8. The Morgan fingerprint density at radius 1 is 1.08 bits per heavy atom. The maximum Gasteiger partial charge on any atom is 0.339 e. The van der Waals surface area contributed by atoms with Gasteiger partial charge in [-0.15, -0.1) is 0 Å². The summed E-state index contributed by atoms with van der Waals surface area (Å²) < 4.78 is 61.5. The van der Waals surface area contributed by atoms with Gasteiger partial charge in [0.05, 0.1) is 19.0 Å². The number of rotatable bonds is 3. The Labute approximate surface area is 224 Å². The molecular weight excluding hydrogens is 508 g/mol. The molecule has 4 aliphatic rings. The molecule has 8 heteroatoms. The zero-order valence-corrected chi connectivity index (χ0v) is 22.2. The SMILES string of the molecule is Cc1c(F)c(F)c(C(=O)O)c(C2=C3C=CC(=[N+]4CC(C)C4)C=C3C(C)(C)c3cc(N4CC(F)C4)ccc32)c1F. The van der Waals surface area contributed by atoms with E-state index in [0.717, 1.165) is 42.5 Å². The lowest BCUT2D eigenvalue weighted by atomic mass is 9.63. The number of halogens is 4. The fraction of sp³-hybridized carbons (Fsp3) is 0.355. The molecule has 2 saturated heterocycles. The van der Waals surface area contributed by atoms with Gasteiger partial charge >= 0.3 is 5.97 Å². The second kappa shape index (κ2) is 8.66. The van der Waals surface area contributed by atoms with Gasteiger partial charge in [-0.05, 0) is 47.4 Å². The van der Waals surface area contributed by atoms with Crippen molar-refractivity contribution in [2.45, 2.75) is 39.3 Å². The maximum absolute atomic E-state index is 15.9. The number of carboxylic acid groups (broad SMARTS) is 1. The fourth-order valence-corrected chi connectivity index (χ4v) is 6.25. The van der Waals surface area contributed by atoms with Crippen LogP contribution in [0.1, 0.15) is 53.4 Å². The third kappa shape index (κ3) is 3.71. The Bertz CT molecular complexity index is 1580. The molecule has 2 aromatic rings. The Kier molecular flexibility index (Phi) is 5.68. The van der Waals surface area contributed by atoms with E-state index in [1.54, 1.807) is 12.1 Å². The third-order valence-corrected chi connectivity index (χ3v) is 8.53. The molecule has 0 spiro atoms. The second-order valence-electron chi connectivity index (χ2n) is 11.6. The minimum Gasteiger partial charge on any atom is -0.478 e. The van der Waals surface area contributed by atoms with Crippen molar-refractivity contribution >= 4 is 22.9 Å². The largest absolute Gasteiger partial charge is 0.478 e. The molecule has 0 amide bonds. The van der Waals surface area contributed by atoms with E-state index in [1.807, 2.05) is 43.0 Å². The van der Waals surface area contributed by atoms with Gasteiger partial charge in [-0.2, -0.15) is 0 Å². The van der Waals surface area contributed by atoms with Gasteiger partial charge < -0.3 is 10.0 Å². The van der Waals surface area contributed by atoms with E-state index >= 15 is 8.78 Å². The van der Waals surface area contributed by atoms with Crippen LogP contribution in [0.3, 0.4) is 0 Å². The summed E-state index contributed by atoms with van der Waals surface area (Å²) in [4.78, 5) is 14.2. The first-order chi connectivity index (χ1) is 18.4. The Balaban J connectivity index is 1.68. The molecule has 0 aromatic heterocycles. The molecule has 0 unspecified atom stereocenters. The van der Waals surface area contributed by atoms with Gasteiger partial charge in [0.15, 0.2) is 30.4 Å². The molecule has 202 valence electrons. The van der Waals surface area contributed by atoms with Gasteiger partial charge in [-0.25, -0.2) is 26.9 Å². The number of carboxylic acids is 1. The predicted octanol–water partition coefficient (Wildman–Crippen LogP) is 5.96. The average molecular weight is 538 g/mol. The van der Waals surface area contributed by atoms with E-state index in [9.17, 15) is 18.7 Å². The van der Waals surface area contributed by atoms with Crippen LogP contribution in [0.4, 0.5) is 23.2 Å². The summed E-state index contributed by atoms with van der Waals surface area (Å²) in [5.41, 5.74) is 2.00. The Hall–Kier alpha value is -3.68. The highest BCUT2D eigenvalue weighted by Crippen LogP contribution is 2.52. The minimum absolute atomic E-state index is 0.207. The molecule has 2 aromatic carbocycles. The summed E-state index contributed by atoms with van der Waals surface area (Å²) in [6.07, 6.45) is 4.86. The second-order valence-corrected chi connectivity index (χ2v) is 11.6. The fourth-order valence-electron chi connectivity index (χ4n) is 6.25. The highest BCUT2D eigenvalue weighted by atomic mass is 19.2. The summed E-state index contributed by atoms with van der Waals surface area (Å²) in [5.74, 6) is -5.40. The number of hydrogen-bond donors (Lipinski definition) is 1. The molecule has 2 aliphatic heterocycles. The zero-order valence-electron chi connectivity index (χ0n) is 22.2. The number of fused-ring (bicyclic) bond motifs is 2. The highest BCUT2D eigenvalue weighted by Gasteiger charge is 2.43. The van der Waals surface area contributed by atoms with Gasteiger partial charge in [0.1, 0.15) is 17.6 Å². The van der Waals surface area contributed by atoms with Crippen molar-refractivity contribution in [2.24, 2.45) is 5.92 Å². The lowest BCUT2D eigenvalue weighted by Crippen LogP contribution is -2.48. The monoisotopic (exact) mass is 537 g/mol. The molecule has 2 heterocycles. The Morgan fingerprint density at radius 2 is 1.77 bits per heavy atom. The van der Waals surface area contributed by atoms with Crippen molar-refractivity contribution in [3.8, 4) is 0 Å². The van der Waals surface area contributed by atoms with Crippen LogP contribution in [-0.2, 0) is 5.41 Å². The number of carbonyl (C=O) groups is 1. The minimum atomic E-state index is -1.75. The number of anilines is 1. The number of aromatic carboxylic acids is 1. The summed E-state index contributed by atoms with van der Waals surface area (Å²) in [6.45, 7) is 9.67. The van der Waals surface area contributed by atoms with Crippen molar-refractivity contribution in [3.63, 3.8) is 0 Å². The van der Waals surface area contributed by atoms with Gasteiger partial charge in [0, 0.05) is 40.0 Å². The smallest absolute Gasteiger partial charge is 0.339 e. The van der Waals surface area contributed by atoms with Crippen LogP contribution in [-0.4, -0.2) is 53.7 Å². The van der Waals surface area contributed by atoms with Crippen LogP contribution in [0, 0.1) is 30.3 Å². The molecular formula is C31H29F4N2O2+. The van der Waals surface area contributed by atoms with E-state index in [2.05, 4.69) is 11.5 Å². The summed E-state index contributed by atoms with van der Waals surface area (Å²) in [5, 5.41) is 9.94. The first kappa shape index (κ1) is 25.6. The molecule has 6 rings (SSSR count). The summed E-state index contributed by atoms with van der Waals surface area (Å²) in [6, 6.07) is 5.46. The van der Waals surface area contributed by atoms with Gasteiger partial charge in [0.2, 0.25) is 0 Å². The summed E-state index contributed by atoms with van der Waals surface area (Å²) >= 11 is 0. The topological polar surface area (TPSA) is 43.5 Å². The van der Waals surface area contributed by atoms with Crippen molar-refractivity contribution in [1.82, 2.24) is 0 Å². The zero-order chi connectivity index (χ0) is 28.0. The number of nitrogens with zero attached hydrogens (tertiary/aromatic N) is 2. The van der Waals surface area contributed by atoms with E-state index in [4.69, 9.17) is 0 Å². The Morgan fingerprint density at radius 3 is 2.38 bits per heavy atom. The molecule has 2 fully saturated rings. The lowest BCUT2D eigenvalue weighted by molar-refractivity contribution is -0.601. The molecule has 0 atom stereocenters. The van der Waals surface area contributed by atoms with E-state index in [1.165, 1.54) is 0 Å². The first-order valence-electron chi connectivity index (χ1n) is 13.1. The first-order valence-corrected chi connectivity index (χ1v) is 13.1. The summed E-state index contributed by atoms with van der Waals surface area (Å²) in [7, 11) is 0. The molecule has 4 nitrogen and oxygen atoms in total. The van der Waals surface area contributed by atoms with Gasteiger partial charge in [0.25, 0.3) is 0 Å².